The summed E-state index contributed by atoms with van der Waals surface area (Å²) in [4.78, 5) is 15.4. The molecule has 2 N–H and O–H groups in total. The molecule has 3 rings (SSSR count). The molecular weight excluding hydrogens is 300 g/mol. The van der Waals surface area contributed by atoms with Crippen molar-refractivity contribution in [3.05, 3.63) is 59.2 Å². The fraction of sp³-hybridized carbons (Fsp3) is 0.118. The molecule has 1 heterocycles. The number of nitrogens with one attached hydrogen (secondary N) is 2. The molecule has 4 nitrogen and oxygen atoms in total. The maximum atomic E-state index is 12.2. The van der Waals surface area contributed by atoms with Gasteiger partial charge in [0.15, 0.2) is 0 Å². The number of aromatic nitrogens is 1. The third-order valence-electron chi connectivity index (χ3n) is 3.47. The van der Waals surface area contributed by atoms with E-state index in [1.807, 2.05) is 36.5 Å². The van der Waals surface area contributed by atoms with Gasteiger partial charge in [-0.3, -0.25) is 4.79 Å². The molecule has 0 spiro atoms. The van der Waals surface area contributed by atoms with Gasteiger partial charge in [0.2, 0.25) is 5.91 Å². The molecular formula is C17H15ClN2O2. The van der Waals surface area contributed by atoms with Crippen molar-refractivity contribution in [3.63, 3.8) is 0 Å². The molecule has 0 aliphatic heterocycles. The Bertz CT molecular complexity index is 826. The molecule has 0 bridgehead atoms. The number of hydrogen-bond acceptors (Lipinski definition) is 2. The number of aromatic amines is 1. The summed E-state index contributed by atoms with van der Waals surface area (Å²) in [7, 11) is 1.62. The van der Waals surface area contributed by atoms with E-state index in [-0.39, 0.29) is 12.3 Å². The molecule has 0 radical (unpaired) electrons. The highest BCUT2D eigenvalue weighted by Gasteiger charge is 2.11. The second kappa shape index (κ2) is 6.12. The average molecular weight is 315 g/mol. The van der Waals surface area contributed by atoms with E-state index >= 15 is 0 Å². The summed E-state index contributed by atoms with van der Waals surface area (Å²) >= 11 is 6.05. The first-order valence-electron chi connectivity index (χ1n) is 6.86. The van der Waals surface area contributed by atoms with E-state index in [0.29, 0.717) is 10.7 Å². The van der Waals surface area contributed by atoms with Crippen LogP contribution < -0.4 is 10.1 Å². The number of methoxy groups -OCH3 is 1. The molecule has 0 aliphatic carbocycles. The molecule has 0 unspecified atom stereocenters. The number of anilines is 1. The molecule has 112 valence electrons. The SMILES string of the molecule is COc1ccc2[nH]cc(CC(=O)Nc3ccccc3Cl)c2c1. The minimum atomic E-state index is -0.114. The van der Waals surface area contributed by atoms with Crippen LogP contribution >= 0.6 is 11.6 Å². The number of hydrogen-bond donors (Lipinski definition) is 2. The van der Waals surface area contributed by atoms with Crippen molar-refractivity contribution in [1.82, 2.24) is 4.98 Å². The number of benzene rings is 2. The highest BCUT2D eigenvalue weighted by molar-refractivity contribution is 6.33. The highest BCUT2D eigenvalue weighted by atomic mass is 35.5. The lowest BCUT2D eigenvalue weighted by molar-refractivity contribution is -0.115. The van der Waals surface area contributed by atoms with Gasteiger partial charge in [0.1, 0.15) is 5.75 Å². The zero-order valence-electron chi connectivity index (χ0n) is 12.0. The van der Waals surface area contributed by atoms with Gasteiger partial charge in [0.25, 0.3) is 0 Å². The third kappa shape index (κ3) is 2.92. The first-order valence-corrected chi connectivity index (χ1v) is 7.23. The Hall–Kier alpha value is -2.46. The van der Waals surface area contributed by atoms with Gasteiger partial charge < -0.3 is 15.0 Å². The second-order valence-corrected chi connectivity index (χ2v) is 5.34. The van der Waals surface area contributed by atoms with Gasteiger partial charge in [-0.2, -0.15) is 0 Å². The number of fused-ring (bicyclic) bond motifs is 1. The summed E-state index contributed by atoms with van der Waals surface area (Å²) < 4.78 is 5.23. The molecule has 1 aromatic heterocycles. The van der Waals surface area contributed by atoms with Crippen molar-refractivity contribution in [3.8, 4) is 5.75 Å². The van der Waals surface area contributed by atoms with Gasteiger partial charge in [0, 0.05) is 17.1 Å². The Labute approximate surface area is 133 Å². The van der Waals surface area contributed by atoms with Gasteiger partial charge >= 0.3 is 0 Å². The van der Waals surface area contributed by atoms with Crippen molar-refractivity contribution in [2.24, 2.45) is 0 Å². The summed E-state index contributed by atoms with van der Waals surface area (Å²) in [6.45, 7) is 0. The highest BCUT2D eigenvalue weighted by Crippen LogP contribution is 2.25. The quantitative estimate of drug-likeness (QED) is 0.764. The summed E-state index contributed by atoms with van der Waals surface area (Å²) in [6.07, 6.45) is 2.11. The predicted molar refractivity (Wildman–Crippen MR) is 88.6 cm³/mol. The fourth-order valence-electron chi connectivity index (χ4n) is 2.36. The summed E-state index contributed by atoms with van der Waals surface area (Å²) in [5.74, 6) is 0.650. The summed E-state index contributed by atoms with van der Waals surface area (Å²) in [6, 6.07) is 12.9. The number of ether oxygens (including phenoxy) is 1. The average Bonchev–Trinajstić information content (AvgIpc) is 2.91. The smallest absolute Gasteiger partial charge is 0.228 e. The van der Waals surface area contributed by atoms with Gasteiger partial charge in [-0.25, -0.2) is 0 Å². The van der Waals surface area contributed by atoms with Crippen LogP contribution in [0.5, 0.6) is 5.75 Å². The first kappa shape index (κ1) is 14.5. The Balaban J connectivity index is 1.81. The van der Waals surface area contributed by atoms with Crippen molar-refractivity contribution < 1.29 is 9.53 Å². The monoisotopic (exact) mass is 314 g/mol. The van der Waals surface area contributed by atoms with E-state index in [9.17, 15) is 4.79 Å². The van der Waals surface area contributed by atoms with Crippen LogP contribution in [0.1, 0.15) is 5.56 Å². The van der Waals surface area contributed by atoms with Crippen LogP contribution in [0, 0.1) is 0 Å². The normalized spacial score (nSPS) is 10.6. The first-order chi connectivity index (χ1) is 10.7. The van der Waals surface area contributed by atoms with Gasteiger partial charge in [-0.15, -0.1) is 0 Å². The molecule has 3 aromatic rings. The van der Waals surface area contributed by atoms with Crippen LogP contribution in [0.3, 0.4) is 0 Å². The predicted octanol–water partition coefficient (Wildman–Crippen LogP) is 4.01. The van der Waals surface area contributed by atoms with Gasteiger partial charge in [0.05, 0.1) is 24.2 Å². The molecule has 1 amide bonds. The summed E-state index contributed by atoms with van der Waals surface area (Å²) in [5.41, 5.74) is 2.51. The van der Waals surface area contributed by atoms with Crippen LogP contribution in [0.15, 0.2) is 48.7 Å². The van der Waals surface area contributed by atoms with Crippen molar-refractivity contribution in [2.75, 3.05) is 12.4 Å². The van der Waals surface area contributed by atoms with Crippen LogP contribution in [-0.4, -0.2) is 18.0 Å². The summed E-state index contributed by atoms with van der Waals surface area (Å²) in [5, 5.41) is 4.33. The molecule has 22 heavy (non-hydrogen) atoms. The van der Waals surface area contributed by atoms with Crippen molar-refractivity contribution in [1.29, 1.82) is 0 Å². The Morgan fingerprint density at radius 3 is 2.86 bits per heavy atom. The number of carbonyl (C=O) groups is 1. The topological polar surface area (TPSA) is 54.1 Å². The van der Waals surface area contributed by atoms with E-state index in [0.717, 1.165) is 22.2 Å². The lowest BCUT2D eigenvalue weighted by Crippen LogP contribution is -2.14. The number of halogens is 1. The molecule has 0 atom stereocenters. The van der Waals surface area contributed by atoms with Crippen molar-refractivity contribution in [2.45, 2.75) is 6.42 Å². The number of H-pyrrole nitrogens is 1. The molecule has 0 fully saturated rings. The number of amides is 1. The van der Waals surface area contributed by atoms with E-state index < -0.39 is 0 Å². The zero-order valence-corrected chi connectivity index (χ0v) is 12.8. The zero-order chi connectivity index (χ0) is 15.5. The molecule has 0 saturated carbocycles. The molecule has 5 heteroatoms. The minimum absolute atomic E-state index is 0.114. The van der Waals surface area contributed by atoms with Crippen LogP contribution in [0.25, 0.3) is 10.9 Å². The third-order valence-corrected chi connectivity index (χ3v) is 3.80. The standard InChI is InChI=1S/C17H15ClN2O2/c1-22-12-6-7-15-13(9-12)11(10-19-15)8-17(21)20-16-5-3-2-4-14(16)18/h2-7,9-10,19H,8H2,1H3,(H,20,21). The van der Waals surface area contributed by atoms with Crippen LogP contribution in [-0.2, 0) is 11.2 Å². The minimum Gasteiger partial charge on any atom is -0.497 e. The number of rotatable bonds is 4. The van der Waals surface area contributed by atoms with E-state index in [4.69, 9.17) is 16.3 Å². The van der Waals surface area contributed by atoms with Crippen LogP contribution in [0.4, 0.5) is 5.69 Å². The second-order valence-electron chi connectivity index (χ2n) is 4.93. The Morgan fingerprint density at radius 2 is 2.09 bits per heavy atom. The lowest BCUT2D eigenvalue weighted by Gasteiger charge is -2.06. The van der Waals surface area contributed by atoms with Crippen LogP contribution in [0.2, 0.25) is 5.02 Å². The number of carbonyl (C=O) groups excluding carboxylic acids is 1. The molecule has 0 aliphatic rings. The van der Waals surface area contributed by atoms with E-state index in [1.54, 1.807) is 19.2 Å². The van der Waals surface area contributed by atoms with E-state index in [1.165, 1.54) is 0 Å². The Morgan fingerprint density at radius 1 is 1.27 bits per heavy atom. The lowest BCUT2D eigenvalue weighted by atomic mass is 10.1. The molecule has 2 aromatic carbocycles. The maximum Gasteiger partial charge on any atom is 0.228 e. The van der Waals surface area contributed by atoms with Crippen molar-refractivity contribution >= 4 is 34.1 Å². The fourth-order valence-corrected chi connectivity index (χ4v) is 2.54. The largest absolute Gasteiger partial charge is 0.497 e. The maximum absolute atomic E-state index is 12.2. The van der Waals surface area contributed by atoms with Gasteiger partial charge in [-0.05, 0) is 35.9 Å². The van der Waals surface area contributed by atoms with E-state index in [2.05, 4.69) is 10.3 Å². The number of para-hydroxylation sites is 1. The Kier molecular flexibility index (Phi) is 4.02. The van der Waals surface area contributed by atoms with Gasteiger partial charge in [-0.1, -0.05) is 23.7 Å². The molecule has 0 saturated heterocycles.